The van der Waals surface area contributed by atoms with Gasteiger partial charge in [-0.15, -0.1) is 0 Å². The van der Waals surface area contributed by atoms with Gasteiger partial charge in [-0.2, -0.15) is 0 Å². The lowest BCUT2D eigenvalue weighted by Crippen LogP contribution is -2.42. The number of carbonyl (C=O) groups excluding carboxylic acids is 2. The zero-order chi connectivity index (χ0) is 16.4. The summed E-state index contributed by atoms with van der Waals surface area (Å²) in [5.74, 6) is -1.96. The van der Waals surface area contributed by atoms with Gasteiger partial charge in [0.05, 0.1) is 17.3 Å². The second-order valence-corrected chi connectivity index (χ2v) is 6.69. The van der Waals surface area contributed by atoms with Gasteiger partial charge in [0.2, 0.25) is 5.91 Å². The van der Waals surface area contributed by atoms with Crippen LogP contribution in [-0.4, -0.2) is 24.0 Å². The molecule has 1 aliphatic rings. The molecule has 0 bridgehead atoms. The van der Waals surface area contributed by atoms with Gasteiger partial charge in [-0.3, -0.25) is 4.79 Å². The van der Waals surface area contributed by atoms with E-state index in [0.29, 0.717) is 18.0 Å². The number of carbonyl (C=O) groups is 2. The van der Waals surface area contributed by atoms with Crippen LogP contribution in [0.3, 0.4) is 0 Å². The molecule has 1 heterocycles. The summed E-state index contributed by atoms with van der Waals surface area (Å²) in [6.45, 7) is 0. The number of nitrogens with one attached hydrogen (secondary N) is 1. The smallest absolute Gasteiger partial charge is 0.229 e. The summed E-state index contributed by atoms with van der Waals surface area (Å²) in [5.41, 5.74) is 0.770. The standard InChI is InChI=1S/C16H18N2O4S/c1-22-9-6-7-12-13(8-9)23-16(17-12)18-14(19)10-4-2-3-5-11(10)15(20)21/h6-8,10-11H,2-5H2,1H3,(H,20,21)(H,17,18,19)/p-1/t10-,11+/m0/s1. The predicted octanol–water partition coefficient (Wildman–Crippen LogP) is 1.80. The van der Waals surface area contributed by atoms with Gasteiger partial charge in [0, 0.05) is 17.8 Å². The molecule has 0 saturated heterocycles. The van der Waals surface area contributed by atoms with E-state index in [1.807, 2.05) is 12.1 Å². The van der Waals surface area contributed by atoms with Crippen LogP contribution in [0, 0.1) is 11.8 Å². The minimum atomic E-state index is -1.14. The number of hydrogen-bond donors (Lipinski definition) is 1. The zero-order valence-electron chi connectivity index (χ0n) is 12.7. The molecule has 0 spiro atoms. The Hall–Kier alpha value is -2.15. The largest absolute Gasteiger partial charge is 0.550 e. The number of carboxylic acids is 1. The second-order valence-electron chi connectivity index (χ2n) is 5.66. The van der Waals surface area contributed by atoms with Crippen molar-refractivity contribution in [2.24, 2.45) is 11.8 Å². The summed E-state index contributed by atoms with van der Waals surface area (Å²) in [6, 6.07) is 5.49. The molecule has 6 nitrogen and oxygen atoms in total. The molecule has 1 amide bonds. The third-order valence-electron chi connectivity index (χ3n) is 4.23. The number of fused-ring (bicyclic) bond motifs is 1. The molecular formula is C16H17N2O4S-. The highest BCUT2D eigenvalue weighted by Gasteiger charge is 2.32. The Morgan fingerprint density at radius 1 is 1.30 bits per heavy atom. The Morgan fingerprint density at radius 2 is 2.04 bits per heavy atom. The highest BCUT2D eigenvalue weighted by Crippen LogP contribution is 2.33. The topological polar surface area (TPSA) is 91.3 Å². The van der Waals surface area contributed by atoms with Gasteiger partial charge < -0.3 is 20.0 Å². The summed E-state index contributed by atoms with van der Waals surface area (Å²) in [7, 11) is 1.59. The number of thiazole rings is 1. The van der Waals surface area contributed by atoms with Gasteiger partial charge in [0.15, 0.2) is 5.13 Å². The number of anilines is 1. The van der Waals surface area contributed by atoms with Crippen molar-refractivity contribution in [2.75, 3.05) is 12.4 Å². The van der Waals surface area contributed by atoms with Gasteiger partial charge in [0.25, 0.3) is 0 Å². The maximum Gasteiger partial charge on any atom is 0.229 e. The quantitative estimate of drug-likeness (QED) is 0.921. The fourth-order valence-corrected chi connectivity index (χ4v) is 3.91. The minimum absolute atomic E-state index is 0.287. The molecule has 3 rings (SSSR count). The first-order valence-corrected chi connectivity index (χ1v) is 8.36. The van der Waals surface area contributed by atoms with E-state index >= 15 is 0 Å². The van der Waals surface area contributed by atoms with Crippen molar-refractivity contribution in [3.63, 3.8) is 0 Å². The summed E-state index contributed by atoms with van der Waals surface area (Å²) in [5, 5.41) is 14.4. The maximum absolute atomic E-state index is 12.4. The van der Waals surface area contributed by atoms with Gasteiger partial charge in [0.1, 0.15) is 5.75 Å². The van der Waals surface area contributed by atoms with Crippen LogP contribution in [0.5, 0.6) is 5.75 Å². The number of hydrogen-bond acceptors (Lipinski definition) is 6. The first-order valence-electron chi connectivity index (χ1n) is 7.55. The van der Waals surface area contributed by atoms with Crippen LogP contribution >= 0.6 is 11.3 Å². The second kappa shape index (κ2) is 6.54. The lowest BCUT2D eigenvalue weighted by molar-refractivity contribution is -0.313. The van der Waals surface area contributed by atoms with Crippen molar-refractivity contribution in [2.45, 2.75) is 25.7 Å². The Bertz CT molecular complexity index is 743. The number of amides is 1. The fourth-order valence-electron chi connectivity index (χ4n) is 3.01. The van der Waals surface area contributed by atoms with Crippen LogP contribution in [0.15, 0.2) is 18.2 Å². The molecule has 1 fully saturated rings. The Kier molecular flexibility index (Phi) is 4.47. The number of methoxy groups -OCH3 is 1. The number of aliphatic carboxylic acids is 1. The molecule has 1 aliphatic carbocycles. The summed E-state index contributed by atoms with van der Waals surface area (Å²) >= 11 is 1.34. The van der Waals surface area contributed by atoms with E-state index in [9.17, 15) is 14.7 Å². The number of carboxylic acid groups (broad SMARTS) is 1. The Morgan fingerprint density at radius 3 is 2.74 bits per heavy atom. The van der Waals surface area contributed by atoms with Crippen molar-refractivity contribution < 1.29 is 19.4 Å². The normalized spacial score (nSPS) is 21.1. The molecule has 1 N–H and O–H groups in total. The molecule has 122 valence electrons. The number of benzene rings is 1. The molecule has 0 radical (unpaired) electrons. The van der Waals surface area contributed by atoms with Crippen LogP contribution in [0.4, 0.5) is 5.13 Å². The summed E-state index contributed by atoms with van der Waals surface area (Å²) < 4.78 is 6.07. The highest BCUT2D eigenvalue weighted by atomic mass is 32.1. The molecule has 0 aliphatic heterocycles. The van der Waals surface area contributed by atoms with Crippen molar-refractivity contribution in [3.8, 4) is 5.75 Å². The molecule has 2 atom stereocenters. The monoisotopic (exact) mass is 333 g/mol. The van der Waals surface area contributed by atoms with Crippen LogP contribution in [0.1, 0.15) is 25.7 Å². The average Bonchev–Trinajstić information content (AvgIpc) is 2.95. The lowest BCUT2D eigenvalue weighted by atomic mass is 9.79. The third kappa shape index (κ3) is 3.29. The molecule has 1 saturated carbocycles. The number of aromatic nitrogens is 1. The van der Waals surface area contributed by atoms with E-state index in [1.54, 1.807) is 13.2 Å². The first kappa shape index (κ1) is 15.7. The zero-order valence-corrected chi connectivity index (χ0v) is 13.5. The number of nitrogens with zero attached hydrogens (tertiary/aromatic N) is 1. The first-order chi connectivity index (χ1) is 11.1. The molecule has 0 unspecified atom stereocenters. The minimum Gasteiger partial charge on any atom is -0.550 e. The number of ether oxygens (including phenoxy) is 1. The highest BCUT2D eigenvalue weighted by molar-refractivity contribution is 7.22. The molecule has 1 aromatic heterocycles. The van der Waals surface area contributed by atoms with Crippen molar-refractivity contribution >= 4 is 38.6 Å². The van der Waals surface area contributed by atoms with Crippen LogP contribution in [0.25, 0.3) is 10.2 Å². The maximum atomic E-state index is 12.4. The fraction of sp³-hybridized carbons (Fsp3) is 0.438. The van der Waals surface area contributed by atoms with Crippen molar-refractivity contribution in [1.29, 1.82) is 0 Å². The Balaban J connectivity index is 1.77. The van der Waals surface area contributed by atoms with Gasteiger partial charge in [-0.25, -0.2) is 4.98 Å². The number of rotatable bonds is 4. The van der Waals surface area contributed by atoms with E-state index in [-0.39, 0.29) is 5.91 Å². The molecule has 1 aromatic carbocycles. The summed E-state index contributed by atoms with van der Waals surface area (Å²) in [6.07, 6.45) is 2.75. The average molecular weight is 333 g/mol. The van der Waals surface area contributed by atoms with E-state index < -0.39 is 17.8 Å². The molecule has 7 heteroatoms. The van der Waals surface area contributed by atoms with Crippen LogP contribution in [0.2, 0.25) is 0 Å². The van der Waals surface area contributed by atoms with E-state index in [0.717, 1.165) is 28.8 Å². The van der Waals surface area contributed by atoms with Gasteiger partial charge in [-0.1, -0.05) is 24.2 Å². The predicted molar refractivity (Wildman–Crippen MR) is 85.3 cm³/mol. The SMILES string of the molecule is COc1ccc2nc(NC(=O)[C@H]3CCCC[C@H]3C(=O)[O-])sc2c1. The molecule has 2 aromatic rings. The molecular weight excluding hydrogens is 316 g/mol. The van der Waals surface area contributed by atoms with Crippen LogP contribution < -0.4 is 15.2 Å². The summed E-state index contributed by atoms with van der Waals surface area (Å²) in [4.78, 5) is 28.0. The van der Waals surface area contributed by atoms with Crippen LogP contribution in [-0.2, 0) is 9.59 Å². The van der Waals surface area contributed by atoms with Crippen molar-refractivity contribution in [1.82, 2.24) is 4.98 Å². The van der Waals surface area contributed by atoms with E-state index in [1.165, 1.54) is 11.3 Å². The Labute approximate surface area is 137 Å². The van der Waals surface area contributed by atoms with Gasteiger partial charge >= 0.3 is 0 Å². The van der Waals surface area contributed by atoms with Gasteiger partial charge in [-0.05, 0) is 31.0 Å². The van der Waals surface area contributed by atoms with Crippen molar-refractivity contribution in [3.05, 3.63) is 18.2 Å². The molecule has 23 heavy (non-hydrogen) atoms. The third-order valence-corrected chi connectivity index (χ3v) is 5.16. The van der Waals surface area contributed by atoms with E-state index in [4.69, 9.17) is 4.74 Å². The lowest BCUT2D eigenvalue weighted by Gasteiger charge is -2.30. The van der Waals surface area contributed by atoms with E-state index in [2.05, 4.69) is 10.3 Å².